The molecule has 0 saturated heterocycles. The molecule has 1 aromatic carbocycles. The molecule has 1 aromatic heterocycles. The van der Waals surface area contributed by atoms with E-state index in [1.165, 1.54) is 0 Å². The summed E-state index contributed by atoms with van der Waals surface area (Å²) in [6.45, 7) is -0.0247. The number of aliphatic hydroxyl groups excluding tert-OH is 1. The number of methoxy groups -OCH3 is 1. The average molecular weight is 215 g/mol. The van der Waals surface area contributed by atoms with E-state index in [9.17, 15) is 5.11 Å². The Hall–Kier alpha value is -1.87. The molecule has 0 unspecified atom stereocenters. The molecule has 2 rings (SSSR count). The van der Waals surface area contributed by atoms with Gasteiger partial charge in [-0.05, 0) is 35.9 Å². The molecule has 0 radical (unpaired) electrons. The molecule has 0 aliphatic heterocycles. The molecular weight excluding hydrogens is 202 g/mol. The van der Waals surface area contributed by atoms with Crippen LogP contribution in [0.3, 0.4) is 0 Å². The van der Waals surface area contributed by atoms with Crippen LogP contribution in [0, 0.1) is 0 Å². The largest absolute Gasteiger partial charge is 0.497 e. The zero-order valence-corrected chi connectivity index (χ0v) is 9.05. The monoisotopic (exact) mass is 215 g/mol. The summed E-state index contributed by atoms with van der Waals surface area (Å²) in [5, 5.41) is 9.32. The molecular formula is C13H13NO2. The number of pyridine rings is 1. The SMILES string of the molecule is COc1ccc(-c2ccccn2)c(CO)c1. The summed E-state index contributed by atoms with van der Waals surface area (Å²) in [5.41, 5.74) is 2.61. The summed E-state index contributed by atoms with van der Waals surface area (Å²) >= 11 is 0. The Morgan fingerprint density at radius 1 is 1.25 bits per heavy atom. The lowest BCUT2D eigenvalue weighted by molar-refractivity contribution is 0.281. The van der Waals surface area contributed by atoms with Crippen LogP contribution in [-0.2, 0) is 6.61 Å². The van der Waals surface area contributed by atoms with E-state index < -0.39 is 0 Å². The summed E-state index contributed by atoms with van der Waals surface area (Å²) < 4.78 is 5.12. The van der Waals surface area contributed by atoms with E-state index >= 15 is 0 Å². The summed E-state index contributed by atoms with van der Waals surface area (Å²) in [5.74, 6) is 0.740. The van der Waals surface area contributed by atoms with Gasteiger partial charge in [-0.2, -0.15) is 0 Å². The predicted molar refractivity (Wildman–Crippen MR) is 62.1 cm³/mol. The lowest BCUT2D eigenvalue weighted by Gasteiger charge is -2.08. The van der Waals surface area contributed by atoms with Crippen molar-refractivity contribution in [3.8, 4) is 17.0 Å². The fourth-order valence-electron chi connectivity index (χ4n) is 1.60. The van der Waals surface area contributed by atoms with E-state index in [0.29, 0.717) is 0 Å². The number of benzene rings is 1. The van der Waals surface area contributed by atoms with Crippen molar-refractivity contribution in [3.05, 3.63) is 48.2 Å². The molecule has 0 spiro atoms. The maximum atomic E-state index is 9.32. The molecule has 1 heterocycles. The van der Waals surface area contributed by atoms with Crippen molar-refractivity contribution in [2.45, 2.75) is 6.61 Å². The first-order chi connectivity index (χ1) is 7.85. The number of hydrogen-bond acceptors (Lipinski definition) is 3. The Morgan fingerprint density at radius 3 is 2.75 bits per heavy atom. The Morgan fingerprint density at radius 2 is 2.12 bits per heavy atom. The highest BCUT2D eigenvalue weighted by Gasteiger charge is 2.06. The lowest BCUT2D eigenvalue weighted by Crippen LogP contribution is -1.93. The van der Waals surface area contributed by atoms with Crippen LogP contribution in [0.5, 0.6) is 5.75 Å². The van der Waals surface area contributed by atoms with E-state index in [1.54, 1.807) is 13.3 Å². The highest BCUT2D eigenvalue weighted by atomic mass is 16.5. The summed E-state index contributed by atoms with van der Waals surface area (Å²) in [6.07, 6.45) is 1.74. The third kappa shape index (κ3) is 2.04. The van der Waals surface area contributed by atoms with Gasteiger partial charge in [-0.3, -0.25) is 4.98 Å². The maximum absolute atomic E-state index is 9.32. The van der Waals surface area contributed by atoms with Crippen molar-refractivity contribution >= 4 is 0 Å². The summed E-state index contributed by atoms with van der Waals surface area (Å²) in [4.78, 5) is 4.26. The molecule has 0 fully saturated rings. The van der Waals surface area contributed by atoms with Gasteiger partial charge in [0.2, 0.25) is 0 Å². The number of nitrogens with zero attached hydrogens (tertiary/aromatic N) is 1. The van der Waals surface area contributed by atoms with Crippen LogP contribution in [-0.4, -0.2) is 17.2 Å². The molecule has 16 heavy (non-hydrogen) atoms. The molecule has 0 amide bonds. The van der Waals surface area contributed by atoms with Gasteiger partial charge in [0.1, 0.15) is 5.75 Å². The minimum atomic E-state index is -0.0247. The number of aromatic nitrogens is 1. The van der Waals surface area contributed by atoms with Gasteiger partial charge < -0.3 is 9.84 Å². The van der Waals surface area contributed by atoms with Crippen molar-refractivity contribution in [1.82, 2.24) is 4.98 Å². The van der Waals surface area contributed by atoms with E-state index in [0.717, 1.165) is 22.6 Å². The van der Waals surface area contributed by atoms with Crippen molar-refractivity contribution in [3.63, 3.8) is 0 Å². The Balaban J connectivity index is 2.49. The normalized spacial score (nSPS) is 10.1. The highest BCUT2D eigenvalue weighted by Crippen LogP contribution is 2.25. The minimum Gasteiger partial charge on any atom is -0.497 e. The number of ether oxygens (including phenoxy) is 1. The summed E-state index contributed by atoms with van der Waals surface area (Å²) in [6, 6.07) is 11.3. The van der Waals surface area contributed by atoms with Crippen LogP contribution < -0.4 is 4.74 Å². The van der Waals surface area contributed by atoms with Crippen LogP contribution in [0.4, 0.5) is 0 Å². The van der Waals surface area contributed by atoms with Crippen molar-refractivity contribution < 1.29 is 9.84 Å². The molecule has 0 atom stereocenters. The Labute approximate surface area is 94.3 Å². The first-order valence-electron chi connectivity index (χ1n) is 5.04. The third-order valence-corrected chi connectivity index (χ3v) is 2.42. The average Bonchev–Trinajstić information content (AvgIpc) is 2.39. The zero-order valence-electron chi connectivity index (χ0n) is 9.05. The molecule has 3 nitrogen and oxygen atoms in total. The topological polar surface area (TPSA) is 42.4 Å². The fraction of sp³-hybridized carbons (Fsp3) is 0.154. The third-order valence-electron chi connectivity index (χ3n) is 2.42. The zero-order chi connectivity index (χ0) is 11.4. The van der Waals surface area contributed by atoms with Crippen LogP contribution in [0.15, 0.2) is 42.6 Å². The number of rotatable bonds is 3. The van der Waals surface area contributed by atoms with Gasteiger partial charge in [0.15, 0.2) is 0 Å². The molecule has 2 aromatic rings. The van der Waals surface area contributed by atoms with Crippen molar-refractivity contribution in [2.24, 2.45) is 0 Å². The molecule has 0 aliphatic rings. The second-order valence-electron chi connectivity index (χ2n) is 3.40. The second-order valence-corrected chi connectivity index (χ2v) is 3.40. The molecule has 82 valence electrons. The van der Waals surface area contributed by atoms with Crippen LogP contribution in [0.2, 0.25) is 0 Å². The quantitative estimate of drug-likeness (QED) is 0.853. The lowest BCUT2D eigenvalue weighted by atomic mass is 10.0. The highest BCUT2D eigenvalue weighted by molar-refractivity contribution is 5.64. The summed E-state index contributed by atoms with van der Waals surface area (Å²) in [7, 11) is 1.61. The maximum Gasteiger partial charge on any atom is 0.119 e. The standard InChI is InChI=1S/C13H13NO2/c1-16-11-5-6-12(10(8-11)9-15)13-4-2-3-7-14-13/h2-8,15H,9H2,1H3. The molecule has 1 N–H and O–H groups in total. The van der Waals surface area contributed by atoms with E-state index in [2.05, 4.69) is 4.98 Å². The second kappa shape index (κ2) is 4.77. The Bertz CT molecular complexity index is 469. The van der Waals surface area contributed by atoms with E-state index in [-0.39, 0.29) is 6.61 Å². The van der Waals surface area contributed by atoms with Crippen LogP contribution in [0.1, 0.15) is 5.56 Å². The van der Waals surface area contributed by atoms with Crippen LogP contribution >= 0.6 is 0 Å². The van der Waals surface area contributed by atoms with Gasteiger partial charge in [-0.15, -0.1) is 0 Å². The van der Waals surface area contributed by atoms with E-state index in [1.807, 2.05) is 36.4 Å². The van der Waals surface area contributed by atoms with Gasteiger partial charge in [-0.1, -0.05) is 6.07 Å². The van der Waals surface area contributed by atoms with Crippen molar-refractivity contribution in [1.29, 1.82) is 0 Å². The first-order valence-corrected chi connectivity index (χ1v) is 5.04. The van der Waals surface area contributed by atoms with Gasteiger partial charge >= 0.3 is 0 Å². The molecule has 0 aliphatic carbocycles. The first kappa shape index (κ1) is 10.6. The van der Waals surface area contributed by atoms with Crippen LogP contribution in [0.25, 0.3) is 11.3 Å². The number of hydrogen-bond donors (Lipinski definition) is 1. The van der Waals surface area contributed by atoms with Gasteiger partial charge in [0.05, 0.1) is 19.4 Å². The number of aliphatic hydroxyl groups is 1. The van der Waals surface area contributed by atoms with Gasteiger partial charge in [0.25, 0.3) is 0 Å². The molecule has 3 heteroatoms. The minimum absolute atomic E-state index is 0.0247. The fourth-order valence-corrected chi connectivity index (χ4v) is 1.60. The molecule has 0 bridgehead atoms. The van der Waals surface area contributed by atoms with E-state index in [4.69, 9.17) is 4.74 Å². The molecule has 0 saturated carbocycles. The predicted octanol–water partition coefficient (Wildman–Crippen LogP) is 2.25. The van der Waals surface area contributed by atoms with Crippen molar-refractivity contribution in [2.75, 3.05) is 7.11 Å². The van der Waals surface area contributed by atoms with Gasteiger partial charge in [-0.25, -0.2) is 0 Å². The van der Waals surface area contributed by atoms with Gasteiger partial charge in [0, 0.05) is 11.8 Å². The Kier molecular flexibility index (Phi) is 3.17. The smallest absolute Gasteiger partial charge is 0.119 e.